The Morgan fingerprint density at radius 1 is 1.08 bits per heavy atom. The minimum atomic E-state index is -1.64. The molecule has 5 atom stereocenters. The van der Waals surface area contributed by atoms with Gasteiger partial charge in [0.05, 0.1) is 26.0 Å². The standard InChI is InChI=1S/C24H22F5N3O5/c25-14-4-1-3-12(19(14)28)11-35-23-21(22(34)18(10-33)37-24(23)5-2-6-36-24)32-9-17(30-31-32)13-7-15(26)20(29)16(27)8-13/h1,3-4,7-9,18,21-23,33-34H,2,5-6,10-11H2/t18?,21?,22?,23-,24?/m1/s1. The summed E-state index contributed by atoms with van der Waals surface area (Å²) in [5.41, 5.74) is -0.260. The quantitative estimate of drug-likeness (QED) is 0.376. The molecule has 2 aliphatic heterocycles. The zero-order valence-electron chi connectivity index (χ0n) is 19.2. The van der Waals surface area contributed by atoms with Crippen molar-refractivity contribution in [3.05, 3.63) is 71.2 Å². The summed E-state index contributed by atoms with van der Waals surface area (Å²) < 4.78 is 87.9. The number of aliphatic hydroxyl groups is 2. The first-order valence-electron chi connectivity index (χ1n) is 11.5. The van der Waals surface area contributed by atoms with Crippen LogP contribution >= 0.6 is 0 Å². The van der Waals surface area contributed by atoms with Gasteiger partial charge in [0.25, 0.3) is 0 Å². The lowest BCUT2D eigenvalue weighted by Crippen LogP contribution is -2.63. The molecule has 1 spiro atoms. The molecule has 1 aromatic heterocycles. The largest absolute Gasteiger partial charge is 0.394 e. The van der Waals surface area contributed by atoms with Gasteiger partial charge in [0, 0.05) is 17.5 Å². The lowest BCUT2D eigenvalue weighted by atomic mass is 9.88. The SMILES string of the molecule is OCC1OC2(CCCO2)[C@H](OCc2cccc(F)c2F)C(n2cc(-c3cc(F)c(F)c(F)c3)nn2)C1O. The van der Waals surface area contributed by atoms with Gasteiger partial charge in [-0.1, -0.05) is 17.3 Å². The van der Waals surface area contributed by atoms with E-state index in [1.54, 1.807) is 0 Å². The van der Waals surface area contributed by atoms with Crippen molar-refractivity contribution in [3.8, 4) is 11.3 Å². The molecule has 2 aromatic carbocycles. The Morgan fingerprint density at radius 2 is 1.84 bits per heavy atom. The first kappa shape index (κ1) is 25.7. The van der Waals surface area contributed by atoms with Gasteiger partial charge in [-0.2, -0.15) is 0 Å². The molecule has 3 aromatic rings. The Bertz CT molecular complexity index is 1260. The van der Waals surface area contributed by atoms with Gasteiger partial charge in [0.15, 0.2) is 34.9 Å². The summed E-state index contributed by atoms with van der Waals surface area (Å²) in [4.78, 5) is 0. The van der Waals surface area contributed by atoms with Gasteiger partial charge in [-0.05, 0) is 24.6 Å². The maximum Gasteiger partial charge on any atom is 0.197 e. The first-order valence-corrected chi connectivity index (χ1v) is 11.5. The Balaban J connectivity index is 1.53. The second-order valence-corrected chi connectivity index (χ2v) is 8.87. The molecule has 2 fully saturated rings. The topological polar surface area (TPSA) is 98.9 Å². The Morgan fingerprint density at radius 3 is 2.51 bits per heavy atom. The third kappa shape index (κ3) is 4.61. The summed E-state index contributed by atoms with van der Waals surface area (Å²) >= 11 is 0. The predicted molar refractivity (Wildman–Crippen MR) is 115 cm³/mol. The summed E-state index contributed by atoms with van der Waals surface area (Å²) in [5.74, 6) is -8.12. The third-order valence-corrected chi connectivity index (χ3v) is 6.57. The molecule has 0 amide bonds. The Labute approximate surface area is 207 Å². The molecule has 5 rings (SSSR count). The lowest BCUT2D eigenvalue weighted by Gasteiger charge is -2.49. The molecule has 4 unspecified atom stereocenters. The van der Waals surface area contributed by atoms with Crippen molar-refractivity contribution < 1.29 is 46.4 Å². The van der Waals surface area contributed by atoms with Crippen LogP contribution in [-0.2, 0) is 20.8 Å². The Hall–Kier alpha value is -2.97. The van der Waals surface area contributed by atoms with Crippen LogP contribution in [0.2, 0.25) is 0 Å². The van der Waals surface area contributed by atoms with Crippen molar-refractivity contribution >= 4 is 0 Å². The normalized spacial score (nSPS) is 27.8. The first-order chi connectivity index (χ1) is 17.7. The fourth-order valence-electron chi connectivity index (χ4n) is 4.77. The number of hydrogen-bond donors (Lipinski definition) is 2. The van der Waals surface area contributed by atoms with Gasteiger partial charge in [0.2, 0.25) is 0 Å². The van der Waals surface area contributed by atoms with E-state index in [0.717, 1.165) is 22.9 Å². The van der Waals surface area contributed by atoms with Crippen LogP contribution in [0.3, 0.4) is 0 Å². The van der Waals surface area contributed by atoms with Gasteiger partial charge in [-0.3, -0.25) is 0 Å². The molecule has 8 nitrogen and oxygen atoms in total. The van der Waals surface area contributed by atoms with E-state index in [-0.39, 0.29) is 23.4 Å². The molecular formula is C24H22F5N3O5. The van der Waals surface area contributed by atoms with E-state index < -0.39 is 72.4 Å². The summed E-state index contributed by atoms with van der Waals surface area (Å²) in [5, 5.41) is 28.8. The van der Waals surface area contributed by atoms with E-state index in [1.165, 1.54) is 18.3 Å². The minimum Gasteiger partial charge on any atom is -0.394 e. The van der Waals surface area contributed by atoms with Gasteiger partial charge in [0.1, 0.15) is 30.0 Å². The van der Waals surface area contributed by atoms with E-state index in [2.05, 4.69) is 10.3 Å². The molecule has 2 N–H and O–H groups in total. The van der Waals surface area contributed by atoms with Gasteiger partial charge in [-0.15, -0.1) is 5.10 Å². The van der Waals surface area contributed by atoms with Crippen molar-refractivity contribution in [2.75, 3.05) is 13.2 Å². The summed E-state index contributed by atoms with van der Waals surface area (Å²) in [6, 6.07) is 3.95. The number of aliphatic hydroxyl groups excluding tert-OH is 2. The number of benzene rings is 2. The lowest BCUT2D eigenvalue weighted by molar-refractivity contribution is -0.348. The monoisotopic (exact) mass is 527 g/mol. The third-order valence-electron chi connectivity index (χ3n) is 6.57. The number of aromatic nitrogens is 3. The second kappa shape index (κ2) is 10.1. The maximum absolute atomic E-state index is 14.3. The molecule has 0 radical (unpaired) electrons. The highest BCUT2D eigenvalue weighted by Crippen LogP contribution is 2.45. The molecule has 2 saturated heterocycles. The molecule has 0 aliphatic carbocycles. The summed E-state index contributed by atoms with van der Waals surface area (Å²) in [6.45, 7) is -0.748. The molecular weight excluding hydrogens is 505 g/mol. The van der Waals surface area contributed by atoms with E-state index in [0.29, 0.717) is 12.8 Å². The van der Waals surface area contributed by atoms with Crippen molar-refractivity contribution in [2.24, 2.45) is 0 Å². The van der Waals surface area contributed by atoms with Crippen LogP contribution in [-0.4, -0.2) is 62.5 Å². The van der Waals surface area contributed by atoms with Crippen molar-refractivity contribution in [3.63, 3.8) is 0 Å². The zero-order valence-corrected chi connectivity index (χ0v) is 19.2. The van der Waals surface area contributed by atoms with Crippen LogP contribution in [0.1, 0.15) is 24.4 Å². The molecule has 0 bridgehead atoms. The average Bonchev–Trinajstić information content (AvgIpc) is 3.55. The molecule has 3 heterocycles. The fourth-order valence-corrected chi connectivity index (χ4v) is 4.77. The van der Waals surface area contributed by atoms with Gasteiger partial charge >= 0.3 is 0 Å². The number of hydrogen-bond acceptors (Lipinski definition) is 7. The fraction of sp³-hybridized carbons (Fsp3) is 0.417. The molecule has 198 valence electrons. The highest BCUT2D eigenvalue weighted by Gasteiger charge is 2.58. The van der Waals surface area contributed by atoms with Crippen LogP contribution < -0.4 is 0 Å². The average molecular weight is 527 g/mol. The van der Waals surface area contributed by atoms with Crippen LogP contribution in [0.5, 0.6) is 0 Å². The zero-order chi connectivity index (χ0) is 26.3. The molecule has 0 saturated carbocycles. The van der Waals surface area contributed by atoms with Crippen molar-refractivity contribution in [1.29, 1.82) is 0 Å². The number of rotatable bonds is 6. The number of nitrogens with zero attached hydrogens (tertiary/aromatic N) is 3. The molecule has 2 aliphatic rings. The maximum atomic E-state index is 14.3. The number of halogens is 5. The molecule has 13 heteroatoms. The van der Waals surface area contributed by atoms with Gasteiger partial charge < -0.3 is 24.4 Å². The predicted octanol–water partition coefficient (Wildman–Crippen LogP) is 3.03. The minimum absolute atomic E-state index is 0.0478. The number of ether oxygens (including phenoxy) is 3. The van der Waals surface area contributed by atoms with Crippen molar-refractivity contribution in [2.45, 2.75) is 49.6 Å². The smallest absolute Gasteiger partial charge is 0.197 e. The second-order valence-electron chi connectivity index (χ2n) is 8.87. The summed E-state index contributed by atoms with van der Waals surface area (Å²) in [7, 11) is 0. The molecule has 37 heavy (non-hydrogen) atoms. The van der Waals surface area contributed by atoms with Gasteiger partial charge in [-0.25, -0.2) is 26.6 Å². The van der Waals surface area contributed by atoms with Crippen LogP contribution in [0.15, 0.2) is 36.5 Å². The van der Waals surface area contributed by atoms with Crippen LogP contribution in [0, 0.1) is 29.1 Å². The Kier molecular flexibility index (Phi) is 6.98. The van der Waals surface area contributed by atoms with Crippen molar-refractivity contribution in [1.82, 2.24) is 15.0 Å². The van der Waals surface area contributed by atoms with E-state index in [1.807, 2.05) is 0 Å². The summed E-state index contributed by atoms with van der Waals surface area (Å²) in [6.07, 6.45) is -1.65. The highest BCUT2D eigenvalue weighted by molar-refractivity contribution is 5.58. The van der Waals surface area contributed by atoms with Crippen LogP contribution in [0.4, 0.5) is 22.0 Å². The highest BCUT2D eigenvalue weighted by atomic mass is 19.2. The van der Waals surface area contributed by atoms with Crippen LogP contribution in [0.25, 0.3) is 11.3 Å². The van der Waals surface area contributed by atoms with E-state index in [9.17, 15) is 32.2 Å². The van der Waals surface area contributed by atoms with E-state index in [4.69, 9.17) is 14.2 Å². The van der Waals surface area contributed by atoms with E-state index >= 15 is 0 Å².